The Bertz CT molecular complexity index is 1040. The first-order chi connectivity index (χ1) is 13.9. The Balaban J connectivity index is 1.81. The number of anilines is 3. The predicted octanol–water partition coefficient (Wildman–Crippen LogP) is 4.60. The fraction of sp³-hybridized carbons (Fsp3) is 0.0952. The van der Waals surface area contributed by atoms with E-state index in [-0.39, 0.29) is 11.4 Å². The molecule has 0 aliphatic carbocycles. The molecule has 150 valence electrons. The van der Waals surface area contributed by atoms with Crippen molar-refractivity contribution in [2.75, 3.05) is 10.0 Å². The maximum Gasteiger partial charge on any atom is 0.337 e. The molecule has 8 heteroatoms. The molecule has 0 saturated carbocycles. The van der Waals surface area contributed by atoms with Gasteiger partial charge < -0.3 is 10.4 Å². The number of hydrogen-bond acceptors (Lipinski definition) is 3. The van der Waals surface area contributed by atoms with Gasteiger partial charge in [0, 0.05) is 5.69 Å². The number of nitrogens with one attached hydrogen (secondary N) is 2. The molecule has 3 aromatic rings. The average Bonchev–Trinajstić information content (AvgIpc) is 2.68. The van der Waals surface area contributed by atoms with Crippen LogP contribution in [0.4, 0.5) is 21.5 Å². The van der Waals surface area contributed by atoms with E-state index in [2.05, 4.69) is 10.0 Å². The fourth-order valence-electron chi connectivity index (χ4n) is 2.94. The van der Waals surface area contributed by atoms with E-state index >= 15 is 0 Å². The molecule has 1 atom stereocenters. The number of carboxylic acid groups (broad SMARTS) is 1. The standard InChI is InChI=1S/C21H19FN2O4S/c22-16-8-10-17(11-9-16)23-20-13-14(6-12-18(20)21(25)26)5-7-15-3-1-2-4-19(15)24-29(27)28/h1-4,6,8-13,23-24H,5,7H2,(H,25,26)(H,27,28). The quantitative estimate of drug-likeness (QED) is 0.404. The zero-order chi connectivity index (χ0) is 20.8. The highest BCUT2D eigenvalue weighted by Crippen LogP contribution is 2.25. The number of hydrogen-bond donors (Lipinski definition) is 4. The molecule has 0 radical (unpaired) electrons. The van der Waals surface area contributed by atoms with E-state index in [9.17, 15) is 18.5 Å². The summed E-state index contributed by atoms with van der Waals surface area (Å²) in [6.45, 7) is 0. The Morgan fingerprint density at radius 3 is 2.38 bits per heavy atom. The molecule has 0 saturated heterocycles. The molecule has 0 aliphatic rings. The summed E-state index contributed by atoms with van der Waals surface area (Å²) in [5, 5.41) is 12.5. The maximum atomic E-state index is 13.1. The van der Waals surface area contributed by atoms with Crippen molar-refractivity contribution in [3.05, 3.63) is 89.2 Å². The largest absolute Gasteiger partial charge is 0.478 e. The van der Waals surface area contributed by atoms with Gasteiger partial charge in [0.15, 0.2) is 0 Å². The minimum atomic E-state index is -2.16. The van der Waals surface area contributed by atoms with Crippen molar-refractivity contribution in [1.82, 2.24) is 0 Å². The van der Waals surface area contributed by atoms with E-state index in [1.165, 1.54) is 30.3 Å². The summed E-state index contributed by atoms with van der Waals surface area (Å²) in [6.07, 6.45) is 1.18. The number of rotatable bonds is 8. The number of benzene rings is 3. The molecule has 0 bridgehead atoms. The van der Waals surface area contributed by atoms with Crippen molar-refractivity contribution in [3.63, 3.8) is 0 Å². The molecule has 0 heterocycles. The van der Waals surface area contributed by atoms with Gasteiger partial charge in [-0.1, -0.05) is 24.3 Å². The topological polar surface area (TPSA) is 98.7 Å². The van der Waals surface area contributed by atoms with E-state index in [0.29, 0.717) is 29.9 Å². The van der Waals surface area contributed by atoms with Crippen molar-refractivity contribution in [1.29, 1.82) is 0 Å². The van der Waals surface area contributed by atoms with Gasteiger partial charge in [0.1, 0.15) is 5.82 Å². The SMILES string of the molecule is O=C(O)c1ccc(CCc2ccccc2NS(=O)O)cc1Nc1ccc(F)cc1. The van der Waals surface area contributed by atoms with Gasteiger partial charge in [0.2, 0.25) is 0 Å². The first kappa shape index (κ1) is 20.5. The number of halogens is 1. The lowest BCUT2D eigenvalue weighted by Crippen LogP contribution is -2.06. The molecule has 1 unspecified atom stereocenters. The molecule has 3 rings (SSSR count). The van der Waals surface area contributed by atoms with Gasteiger partial charge in [-0.2, -0.15) is 0 Å². The van der Waals surface area contributed by atoms with E-state index in [4.69, 9.17) is 4.55 Å². The fourth-order valence-corrected chi connectivity index (χ4v) is 3.32. The third-order valence-corrected chi connectivity index (χ3v) is 4.73. The number of aryl methyl sites for hydroxylation is 2. The molecular weight excluding hydrogens is 395 g/mol. The summed E-state index contributed by atoms with van der Waals surface area (Å²) in [6, 6.07) is 17.8. The normalized spacial score (nSPS) is 11.7. The first-order valence-corrected chi connectivity index (χ1v) is 9.87. The van der Waals surface area contributed by atoms with Crippen LogP contribution in [0.5, 0.6) is 0 Å². The smallest absolute Gasteiger partial charge is 0.337 e. The van der Waals surface area contributed by atoms with Crippen LogP contribution in [0.1, 0.15) is 21.5 Å². The third-order valence-electron chi connectivity index (χ3n) is 4.34. The first-order valence-electron chi connectivity index (χ1n) is 8.76. The summed E-state index contributed by atoms with van der Waals surface area (Å²) >= 11 is -2.16. The van der Waals surface area contributed by atoms with Crippen molar-refractivity contribution in [2.45, 2.75) is 12.8 Å². The van der Waals surface area contributed by atoms with E-state index in [0.717, 1.165) is 11.1 Å². The van der Waals surface area contributed by atoms with Gasteiger partial charge >= 0.3 is 5.97 Å². The number of carbonyl (C=O) groups is 1. The second-order valence-corrected chi connectivity index (χ2v) is 7.03. The van der Waals surface area contributed by atoms with Gasteiger partial charge in [-0.15, -0.1) is 0 Å². The van der Waals surface area contributed by atoms with Crippen LogP contribution in [0.25, 0.3) is 0 Å². The molecule has 3 aromatic carbocycles. The molecular formula is C21H19FN2O4S. The van der Waals surface area contributed by atoms with Crippen molar-refractivity contribution >= 4 is 34.3 Å². The number of aromatic carboxylic acids is 1. The summed E-state index contributed by atoms with van der Waals surface area (Å²) in [7, 11) is 0. The van der Waals surface area contributed by atoms with Gasteiger partial charge in [-0.3, -0.25) is 9.27 Å². The third kappa shape index (κ3) is 5.63. The predicted molar refractivity (Wildman–Crippen MR) is 111 cm³/mol. The van der Waals surface area contributed by atoms with Crippen LogP contribution in [-0.4, -0.2) is 19.8 Å². The number of carboxylic acids is 1. The Morgan fingerprint density at radius 1 is 0.966 bits per heavy atom. The van der Waals surface area contributed by atoms with Crippen LogP contribution < -0.4 is 10.0 Å². The monoisotopic (exact) mass is 414 g/mol. The van der Waals surface area contributed by atoms with E-state index < -0.39 is 17.2 Å². The highest BCUT2D eigenvalue weighted by atomic mass is 32.2. The van der Waals surface area contributed by atoms with Crippen LogP contribution in [0.15, 0.2) is 66.7 Å². The van der Waals surface area contributed by atoms with Crippen LogP contribution in [0.2, 0.25) is 0 Å². The molecule has 6 nitrogen and oxygen atoms in total. The summed E-state index contributed by atoms with van der Waals surface area (Å²) < 4.78 is 35.7. The zero-order valence-corrected chi connectivity index (χ0v) is 16.1. The molecule has 29 heavy (non-hydrogen) atoms. The second kappa shape index (κ2) is 9.31. The molecule has 0 spiro atoms. The Labute approximate surface area is 169 Å². The second-order valence-electron chi connectivity index (χ2n) is 6.33. The molecule has 0 fully saturated rings. The summed E-state index contributed by atoms with van der Waals surface area (Å²) in [5.41, 5.74) is 3.41. The minimum absolute atomic E-state index is 0.107. The van der Waals surface area contributed by atoms with Crippen LogP contribution >= 0.6 is 0 Å². The molecule has 4 N–H and O–H groups in total. The van der Waals surface area contributed by atoms with Crippen molar-refractivity contribution in [2.24, 2.45) is 0 Å². The lowest BCUT2D eigenvalue weighted by molar-refractivity contribution is 0.0698. The van der Waals surface area contributed by atoms with Crippen LogP contribution in [-0.2, 0) is 24.1 Å². The highest BCUT2D eigenvalue weighted by molar-refractivity contribution is 7.80. The Morgan fingerprint density at radius 2 is 1.69 bits per heavy atom. The van der Waals surface area contributed by atoms with E-state index in [1.807, 2.05) is 12.1 Å². The van der Waals surface area contributed by atoms with Gasteiger partial charge in [0.05, 0.1) is 16.9 Å². The van der Waals surface area contributed by atoms with Crippen LogP contribution in [0, 0.1) is 5.82 Å². The molecule has 0 amide bonds. The Kier molecular flexibility index (Phi) is 6.58. The summed E-state index contributed by atoms with van der Waals surface area (Å²) in [5.74, 6) is -1.44. The molecule has 0 aromatic heterocycles. The van der Waals surface area contributed by atoms with Crippen molar-refractivity contribution < 1.29 is 23.1 Å². The van der Waals surface area contributed by atoms with Gasteiger partial charge in [0.25, 0.3) is 11.3 Å². The van der Waals surface area contributed by atoms with Gasteiger partial charge in [-0.05, 0) is 66.4 Å². The minimum Gasteiger partial charge on any atom is -0.478 e. The highest BCUT2D eigenvalue weighted by Gasteiger charge is 2.12. The maximum absolute atomic E-state index is 13.1. The van der Waals surface area contributed by atoms with Gasteiger partial charge in [-0.25, -0.2) is 13.4 Å². The lowest BCUT2D eigenvalue weighted by Gasteiger charge is -2.13. The van der Waals surface area contributed by atoms with E-state index in [1.54, 1.807) is 24.3 Å². The molecule has 0 aliphatic heterocycles. The average molecular weight is 414 g/mol. The Hall–Kier alpha value is -3.23. The zero-order valence-electron chi connectivity index (χ0n) is 15.3. The van der Waals surface area contributed by atoms with Crippen LogP contribution in [0.3, 0.4) is 0 Å². The van der Waals surface area contributed by atoms with Crippen molar-refractivity contribution in [3.8, 4) is 0 Å². The summed E-state index contributed by atoms with van der Waals surface area (Å²) in [4.78, 5) is 11.5. The number of para-hydroxylation sites is 1. The lowest BCUT2D eigenvalue weighted by atomic mass is 10.0.